The van der Waals surface area contributed by atoms with Gasteiger partial charge in [-0.25, -0.2) is 0 Å². The minimum absolute atomic E-state index is 0.00146. The molecule has 1 aliphatic rings. The largest absolute Gasteiger partial charge is 0.393 e. The molecule has 6 nitrogen and oxygen atoms in total. The van der Waals surface area contributed by atoms with Gasteiger partial charge in [-0.2, -0.15) is 0 Å². The van der Waals surface area contributed by atoms with Gasteiger partial charge in [-0.3, -0.25) is 9.59 Å². The molecule has 1 atom stereocenters. The lowest BCUT2D eigenvalue weighted by molar-refractivity contribution is -0.140. The Morgan fingerprint density at radius 1 is 1.45 bits per heavy atom. The first kappa shape index (κ1) is 16.8. The third-order valence-corrected chi connectivity index (χ3v) is 3.33. The van der Waals surface area contributed by atoms with Crippen molar-refractivity contribution in [3.8, 4) is 0 Å². The highest BCUT2D eigenvalue weighted by Crippen LogP contribution is 2.15. The molecular weight excluding hydrogens is 278 g/mol. The van der Waals surface area contributed by atoms with Gasteiger partial charge in [0, 0.05) is 39.6 Å². The highest BCUT2D eigenvalue weighted by atomic mass is 32.1. The van der Waals surface area contributed by atoms with Crippen molar-refractivity contribution in [2.45, 2.75) is 38.7 Å². The van der Waals surface area contributed by atoms with Crippen LogP contribution in [0.5, 0.6) is 0 Å². The Labute approximate surface area is 125 Å². The summed E-state index contributed by atoms with van der Waals surface area (Å²) in [5.41, 5.74) is 5.49. The Balaban J connectivity index is 2.43. The molecule has 1 saturated heterocycles. The molecule has 7 heteroatoms. The van der Waals surface area contributed by atoms with Crippen molar-refractivity contribution in [3.63, 3.8) is 0 Å². The predicted molar refractivity (Wildman–Crippen MR) is 80.3 cm³/mol. The molecule has 1 aliphatic heterocycles. The first-order chi connectivity index (χ1) is 9.50. The van der Waals surface area contributed by atoms with E-state index in [4.69, 9.17) is 22.7 Å². The van der Waals surface area contributed by atoms with E-state index in [2.05, 4.69) is 5.32 Å². The number of nitrogens with one attached hydrogen (secondary N) is 1. The van der Waals surface area contributed by atoms with E-state index in [9.17, 15) is 9.59 Å². The smallest absolute Gasteiger partial charge is 0.251 e. The Morgan fingerprint density at radius 2 is 2.20 bits per heavy atom. The van der Waals surface area contributed by atoms with E-state index >= 15 is 0 Å². The second-order valence-electron chi connectivity index (χ2n) is 4.88. The van der Waals surface area contributed by atoms with Gasteiger partial charge in [0.2, 0.25) is 5.91 Å². The number of hydrogen-bond acceptors (Lipinski definition) is 4. The fourth-order valence-corrected chi connectivity index (χ4v) is 2.18. The summed E-state index contributed by atoms with van der Waals surface area (Å²) in [6.07, 6.45) is 2.57. The summed E-state index contributed by atoms with van der Waals surface area (Å²) < 4.78 is 5.42. The van der Waals surface area contributed by atoms with E-state index in [0.717, 1.165) is 12.8 Å². The van der Waals surface area contributed by atoms with Crippen molar-refractivity contribution >= 4 is 29.0 Å². The van der Waals surface area contributed by atoms with Crippen LogP contribution in [0, 0.1) is 0 Å². The Bertz CT molecular complexity index is 357. The Kier molecular flexibility index (Phi) is 7.46. The second kappa shape index (κ2) is 8.86. The van der Waals surface area contributed by atoms with Gasteiger partial charge in [0.25, 0.3) is 5.91 Å². The number of carbonyl (C=O) groups excluding carboxylic acids is 2. The predicted octanol–water partition coefficient (Wildman–Crippen LogP) is 0.196. The molecular formula is C13H23N3O3S. The average Bonchev–Trinajstić information content (AvgIpc) is 2.90. The molecule has 3 N–H and O–H groups in total. The van der Waals surface area contributed by atoms with Crippen LogP contribution in [0.1, 0.15) is 32.6 Å². The summed E-state index contributed by atoms with van der Waals surface area (Å²) in [6, 6.07) is 0. The van der Waals surface area contributed by atoms with E-state index < -0.39 is 0 Å². The van der Waals surface area contributed by atoms with Crippen LogP contribution in [-0.2, 0) is 14.3 Å². The number of thiocarbonyl (C=S) groups is 1. The summed E-state index contributed by atoms with van der Waals surface area (Å²) in [7, 11) is 0. The first-order valence-corrected chi connectivity index (χ1v) is 7.34. The van der Waals surface area contributed by atoms with Crippen LogP contribution in [0.15, 0.2) is 0 Å². The van der Waals surface area contributed by atoms with Crippen molar-refractivity contribution in [2.75, 3.05) is 26.2 Å². The van der Waals surface area contributed by atoms with Gasteiger partial charge < -0.3 is 20.7 Å². The highest BCUT2D eigenvalue weighted by Gasteiger charge is 2.27. The van der Waals surface area contributed by atoms with Gasteiger partial charge in [0.15, 0.2) is 0 Å². The SMILES string of the molecule is CC(=O)NCCCN(CCC(N)=S)C(=O)C1CCCO1. The summed E-state index contributed by atoms with van der Waals surface area (Å²) in [5.74, 6) is -0.0632. The minimum Gasteiger partial charge on any atom is -0.393 e. The zero-order valence-electron chi connectivity index (χ0n) is 11.9. The molecule has 2 amide bonds. The maximum atomic E-state index is 12.3. The molecule has 0 aromatic heterocycles. The van der Waals surface area contributed by atoms with E-state index in [0.29, 0.717) is 44.1 Å². The summed E-state index contributed by atoms with van der Waals surface area (Å²) in [6.45, 7) is 3.75. The quantitative estimate of drug-likeness (QED) is 0.494. The van der Waals surface area contributed by atoms with Crippen LogP contribution in [0.25, 0.3) is 0 Å². The summed E-state index contributed by atoms with van der Waals surface area (Å²) in [5, 5.41) is 2.72. The van der Waals surface area contributed by atoms with Crippen molar-refractivity contribution < 1.29 is 14.3 Å². The Hall–Kier alpha value is -1.21. The van der Waals surface area contributed by atoms with Gasteiger partial charge in [-0.1, -0.05) is 12.2 Å². The molecule has 1 fully saturated rings. The molecule has 0 spiro atoms. The van der Waals surface area contributed by atoms with E-state index in [1.807, 2.05) is 0 Å². The van der Waals surface area contributed by atoms with Gasteiger partial charge >= 0.3 is 0 Å². The number of amides is 2. The second-order valence-corrected chi connectivity index (χ2v) is 5.40. The number of hydrogen-bond donors (Lipinski definition) is 2. The number of rotatable bonds is 8. The van der Waals surface area contributed by atoms with Crippen LogP contribution in [0.2, 0.25) is 0 Å². The molecule has 0 bridgehead atoms. The molecule has 1 rings (SSSR count). The van der Waals surface area contributed by atoms with Crippen LogP contribution >= 0.6 is 12.2 Å². The lowest BCUT2D eigenvalue weighted by Gasteiger charge is -2.25. The van der Waals surface area contributed by atoms with E-state index in [1.165, 1.54) is 6.92 Å². The lowest BCUT2D eigenvalue weighted by Crippen LogP contribution is -2.41. The van der Waals surface area contributed by atoms with Crippen molar-refractivity contribution in [1.82, 2.24) is 10.2 Å². The molecule has 0 saturated carbocycles. The molecule has 0 radical (unpaired) electrons. The average molecular weight is 301 g/mol. The van der Waals surface area contributed by atoms with Crippen molar-refractivity contribution in [3.05, 3.63) is 0 Å². The third-order valence-electron chi connectivity index (χ3n) is 3.12. The highest BCUT2D eigenvalue weighted by molar-refractivity contribution is 7.80. The fourth-order valence-electron chi connectivity index (χ4n) is 2.09. The molecule has 0 aliphatic carbocycles. The number of nitrogens with zero attached hydrogens (tertiary/aromatic N) is 1. The zero-order valence-corrected chi connectivity index (χ0v) is 12.7. The number of ether oxygens (including phenoxy) is 1. The van der Waals surface area contributed by atoms with Gasteiger partial charge in [0.05, 0.1) is 4.99 Å². The summed E-state index contributed by atoms with van der Waals surface area (Å²) >= 11 is 4.86. The van der Waals surface area contributed by atoms with Gasteiger partial charge in [0.1, 0.15) is 6.10 Å². The van der Waals surface area contributed by atoms with E-state index in [1.54, 1.807) is 4.90 Å². The molecule has 0 aromatic carbocycles. The normalized spacial score (nSPS) is 17.8. The molecule has 20 heavy (non-hydrogen) atoms. The topological polar surface area (TPSA) is 84.7 Å². The van der Waals surface area contributed by atoms with Gasteiger partial charge in [-0.05, 0) is 19.3 Å². The number of carbonyl (C=O) groups is 2. The zero-order chi connectivity index (χ0) is 15.0. The third kappa shape index (κ3) is 6.29. The molecule has 1 heterocycles. The van der Waals surface area contributed by atoms with Gasteiger partial charge in [-0.15, -0.1) is 0 Å². The monoisotopic (exact) mass is 301 g/mol. The summed E-state index contributed by atoms with van der Waals surface area (Å²) in [4.78, 5) is 25.2. The molecule has 114 valence electrons. The van der Waals surface area contributed by atoms with Crippen LogP contribution in [0.4, 0.5) is 0 Å². The Morgan fingerprint density at radius 3 is 2.75 bits per heavy atom. The molecule has 0 aromatic rings. The fraction of sp³-hybridized carbons (Fsp3) is 0.769. The van der Waals surface area contributed by atoms with Crippen LogP contribution in [0.3, 0.4) is 0 Å². The maximum absolute atomic E-state index is 12.3. The maximum Gasteiger partial charge on any atom is 0.251 e. The lowest BCUT2D eigenvalue weighted by atomic mass is 10.2. The van der Waals surface area contributed by atoms with E-state index in [-0.39, 0.29) is 17.9 Å². The number of nitrogens with two attached hydrogens (primary N) is 1. The van der Waals surface area contributed by atoms with Crippen LogP contribution < -0.4 is 11.1 Å². The minimum atomic E-state index is -0.331. The van der Waals surface area contributed by atoms with Crippen LogP contribution in [-0.4, -0.2) is 54.0 Å². The van der Waals surface area contributed by atoms with Crippen molar-refractivity contribution in [1.29, 1.82) is 0 Å². The van der Waals surface area contributed by atoms with Crippen molar-refractivity contribution in [2.24, 2.45) is 5.73 Å². The standard InChI is InChI=1S/C13H23N3O3S/c1-10(17)15-6-3-7-16(8-5-12(14)20)13(18)11-4-2-9-19-11/h11H,2-9H2,1H3,(H2,14,20)(H,15,17). The first-order valence-electron chi connectivity index (χ1n) is 6.94. The molecule has 1 unspecified atom stereocenters.